The Hall–Kier alpha value is -2.11. The van der Waals surface area contributed by atoms with Crippen LogP contribution in [0.3, 0.4) is 0 Å². The van der Waals surface area contributed by atoms with Gasteiger partial charge in [-0.25, -0.2) is 0 Å². The Morgan fingerprint density at radius 3 is 2.15 bits per heavy atom. The second-order valence-electron chi connectivity index (χ2n) is 7.74. The molecule has 0 aromatic heterocycles. The molecule has 3 rings (SSSR count). The average molecular weight is 477 g/mol. The van der Waals surface area contributed by atoms with Gasteiger partial charge in [0.05, 0.1) is 13.2 Å². The van der Waals surface area contributed by atoms with E-state index in [2.05, 4.69) is 5.32 Å². The standard InChI is InChI=1S/C19H27NO13/c21-4-9-12(25)14(27)15(28)19(32-9)33-16-10(5-22)31-18(30)11(13(16)26)20-17(29)6-1-2-7(23)8(24)3-6/h1-3,9-16,18-19,21-28,30H,4-5H2,(H,20,29)/t9?,10?,11?,12-,13?,14?,15?,16+,18+,19-/m0/s1. The number of aliphatic hydroxyl groups is 7. The number of amides is 1. The summed E-state index contributed by atoms with van der Waals surface area (Å²) in [4.78, 5) is 12.5. The first kappa shape index (κ1) is 25.5. The maximum Gasteiger partial charge on any atom is 0.251 e. The minimum absolute atomic E-state index is 0.125. The number of phenolic OH excluding ortho intramolecular Hbond substituents is 2. The molecule has 0 aliphatic carbocycles. The van der Waals surface area contributed by atoms with Crippen LogP contribution in [-0.2, 0) is 14.2 Å². The summed E-state index contributed by atoms with van der Waals surface area (Å²) in [5, 5.41) is 91.1. The van der Waals surface area contributed by atoms with E-state index in [0.717, 1.165) is 12.1 Å². The molecular weight excluding hydrogens is 450 g/mol. The fourth-order valence-electron chi connectivity index (χ4n) is 3.64. The van der Waals surface area contributed by atoms with Crippen LogP contribution in [0.1, 0.15) is 10.4 Å². The van der Waals surface area contributed by atoms with E-state index < -0.39 is 92.0 Å². The molecule has 1 aromatic rings. The predicted molar refractivity (Wildman–Crippen MR) is 104 cm³/mol. The van der Waals surface area contributed by atoms with E-state index in [1.807, 2.05) is 0 Å². The molecule has 186 valence electrons. The van der Waals surface area contributed by atoms with Crippen LogP contribution < -0.4 is 5.32 Å². The van der Waals surface area contributed by atoms with Crippen molar-refractivity contribution >= 4 is 5.91 Å². The normalized spacial score (nSPS) is 39.2. The van der Waals surface area contributed by atoms with Gasteiger partial charge in [0.2, 0.25) is 0 Å². The van der Waals surface area contributed by atoms with E-state index in [9.17, 15) is 50.8 Å². The number of rotatable bonds is 6. The van der Waals surface area contributed by atoms with Gasteiger partial charge in [0, 0.05) is 5.56 Å². The zero-order chi connectivity index (χ0) is 24.4. The fourth-order valence-corrected chi connectivity index (χ4v) is 3.64. The number of carbonyl (C=O) groups is 1. The lowest BCUT2D eigenvalue weighted by Gasteiger charge is -2.46. The summed E-state index contributed by atoms with van der Waals surface area (Å²) < 4.78 is 15.9. The zero-order valence-electron chi connectivity index (χ0n) is 17.1. The number of hydrogen-bond donors (Lipinski definition) is 10. The van der Waals surface area contributed by atoms with Crippen molar-refractivity contribution in [1.82, 2.24) is 5.32 Å². The lowest BCUT2D eigenvalue weighted by atomic mass is 9.95. The van der Waals surface area contributed by atoms with Gasteiger partial charge in [0.15, 0.2) is 24.1 Å². The molecular formula is C19H27NO13. The molecule has 14 heteroatoms. The zero-order valence-corrected chi connectivity index (χ0v) is 17.1. The summed E-state index contributed by atoms with van der Waals surface area (Å²) in [5.41, 5.74) is -0.125. The van der Waals surface area contributed by atoms with E-state index >= 15 is 0 Å². The minimum atomic E-state index is -1.81. The molecule has 2 heterocycles. The molecule has 0 radical (unpaired) electrons. The topological polar surface area (TPSA) is 239 Å². The number of phenols is 2. The van der Waals surface area contributed by atoms with Crippen molar-refractivity contribution in [2.24, 2.45) is 0 Å². The third-order valence-electron chi connectivity index (χ3n) is 5.55. The Morgan fingerprint density at radius 2 is 1.55 bits per heavy atom. The molecule has 10 atom stereocenters. The van der Waals surface area contributed by atoms with Crippen molar-refractivity contribution < 1.29 is 65.0 Å². The Bertz CT molecular complexity index is 823. The first-order chi connectivity index (χ1) is 15.6. The maximum atomic E-state index is 12.5. The summed E-state index contributed by atoms with van der Waals surface area (Å²) >= 11 is 0. The van der Waals surface area contributed by atoms with E-state index in [-0.39, 0.29) is 5.56 Å². The van der Waals surface area contributed by atoms with Gasteiger partial charge in [-0.15, -0.1) is 0 Å². The van der Waals surface area contributed by atoms with Gasteiger partial charge in [-0.05, 0) is 18.2 Å². The van der Waals surface area contributed by atoms with Gasteiger partial charge >= 0.3 is 0 Å². The molecule has 0 bridgehead atoms. The van der Waals surface area contributed by atoms with Gasteiger partial charge in [-0.3, -0.25) is 4.79 Å². The third-order valence-corrected chi connectivity index (χ3v) is 5.55. The first-order valence-corrected chi connectivity index (χ1v) is 10.00. The molecule has 1 aromatic carbocycles. The van der Waals surface area contributed by atoms with Crippen molar-refractivity contribution in [2.75, 3.05) is 13.2 Å². The predicted octanol–water partition coefficient (Wildman–Crippen LogP) is -4.55. The summed E-state index contributed by atoms with van der Waals surface area (Å²) in [6.45, 7) is -1.49. The van der Waals surface area contributed by atoms with Crippen LogP contribution in [0, 0.1) is 0 Å². The monoisotopic (exact) mass is 477 g/mol. The minimum Gasteiger partial charge on any atom is -0.504 e. The van der Waals surface area contributed by atoms with Crippen molar-refractivity contribution in [1.29, 1.82) is 0 Å². The molecule has 1 amide bonds. The first-order valence-electron chi connectivity index (χ1n) is 10.00. The Morgan fingerprint density at radius 1 is 0.879 bits per heavy atom. The van der Waals surface area contributed by atoms with Crippen LogP contribution >= 0.6 is 0 Å². The number of nitrogens with one attached hydrogen (secondary N) is 1. The molecule has 2 fully saturated rings. The SMILES string of the molecule is O=C(NC1C(O)[C@H](O[C@@H]2OC(CO)[C@H](O)C(O)C2O)C(CO)O[C@H]1O)c1ccc(O)c(O)c1. The smallest absolute Gasteiger partial charge is 0.251 e. The molecule has 33 heavy (non-hydrogen) atoms. The van der Waals surface area contributed by atoms with Crippen LogP contribution in [0.25, 0.3) is 0 Å². The fraction of sp³-hybridized carbons (Fsp3) is 0.632. The van der Waals surface area contributed by atoms with Crippen molar-refractivity contribution in [3.05, 3.63) is 23.8 Å². The highest BCUT2D eigenvalue weighted by molar-refractivity contribution is 5.95. The van der Waals surface area contributed by atoms with Crippen LogP contribution in [0.4, 0.5) is 0 Å². The number of aliphatic hydroxyl groups excluding tert-OH is 7. The second kappa shape index (κ2) is 10.4. The highest BCUT2D eigenvalue weighted by atomic mass is 16.7. The summed E-state index contributed by atoms with van der Waals surface area (Å²) in [5.74, 6) is -1.91. The molecule has 0 saturated carbocycles. The van der Waals surface area contributed by atoms with E-state index in [1.54, 1.807) is 0 Å². The molecule has 14 nitrogen and oxygen atoms in total. The third kappa shape index (κ3) is 5.20. The molecule has 2 saturated heterocycles. The molecule has 0 spiro atoms. The van der Waals surface area contributed by atoms with Crippen molar-refractivity contribution in [3.8, 4) is 11.5 Å². The number of ether oxygens (including phenoxy) is 3. The van der Waals surface area contributed by atoms with Crippen LogP contribution in [0.2, 0.25) is 0 Å². The molecule has 6 unspecified atom stereocenters. The van der Waals surface area contributed by atoms with Gasteiger partial charge in [0.1, 0.15) is 48.8 Å². The molecule has 2 aliphatic rings. The molecule has 2 aliphatic heterocycles. The van der Waals surface area contributed by atoms with E-state index in [4.69, 9.17) is 14.2 Å². The lowest BCUT2D eigenvalue weighted by molar-refractivity contribution is -0.345. The van der Waals surface area contributed by atoms with Crippen LogP contribution in [0.5, 0.6) is 11.5 Å². The maximum absolute atomic E-state index is 12.5. The number of hydrogen-bond acceptors (Lipinski definition) is 13. The van der Waals surface area contributed by atoms with Gasteiger partial charge in [0.25, 0.3) is 5.91 Å². The van der Waals surface area contributed by atoms with Gasteiger partial charge < -0.3 is 65.5 Å². The summed E-state index contributed by atoms with van der Waals surface area (Å²) in [6.07, 6.45) is -14.6. The largest absolute Gasteiger partial charge is 0.504 e. The van der Waals surface area contributed by atoms with Crippen LogP contribution in [0.15, 0.2) is 18.2 Å². The highest BCUT2D eigenvalue weighted by Gasteiger charge is 2.50. The second-order valence-corrected chi connectivity index (χ2v) is 7.74. The van der Waals surface area contributed by atoms with E-state index in [0.29, 0.717) is 0 Å². The van der Waals surface area contributed by atoms with Crippen molar-refractivity contribution in [2.45, 2.75) is 61.3 Å². The highest BCUT2D eigenvalue weighted by Crippen LogP contribution is 2.29. The number of benzene rings is 1. The van der Waals surface area contributed by atoms with Gasteiger partial charge in [-0.2, -0.15) is 0 Å². The Kier molecular flexibility index (Phi) is 8.07. The number of carbonyl (C=O) groups excluding carboxylic acids is 1. The molecule has 10 N–H and O–H groups in total. The summed E-state index contributed by atoms with van der Waals surface area (Å²) in [7, 11) is 0. The van der Waals surface area contributed by atoms with Crippen LogP contribution in [-0.4, -0.2) is 126 Å². The Labute approximate surface area is 186 Å². The quantitative estimate of drug-likeness (QED) is 0.174. The van der Waals surface area contributed by atoms with E-state index in [1.165, 1.54) is 6.07 Å². The van der Waals surface area contributed by atoms with Crippen molar-refractivity contribution in [3.63, 3.8) is 0 Å². The summed E-state index contributed by atoms with van der Waals surface area (Å²) in [6, 6.07) is 1.66. The Balaban J connectivity index is 1.77. The average Bonchev–Trinajstić information content (AvgIpc) is 2.79. The van der Waals surface area contributed by atoms with Gasteiger partial charge in [-0.1, -0.05) is 0 Å². The lowest BCUT2D eigenvalue weighted by Crippen LogP contribution is -2.67. The number of aromatic hydroxyl groups is 2.